The van der Waals surface area contributed by atoms with Gasteiger partial charge in [-0.1, -0.05) is 37.3 Å². The van der Waals surface area contributed by atoms with Crippen LogP contribution in [0.5, 0.6) is 0 Å². The number of aliphatic hydroxyl groups excluding tert-OH is 4. The molecule has 7 rings (SSSR count). The number of hydrogen-bond acceptors (Lipinski definition) is 16. The number of aliphatic hydroxyl groups is 4. The fraction of sp³-hybridized carbons (Fsp3) is 0.711. The smallest absolute Gasteiger partial charge is 0.331 e. The van der Waals surface area contributed by atoms with Gasteiger partial charge in [0.15, 0.2) is 24.1 Å². The molecule has 54 heavy (non-hydrogen) atoms. The quantitative estimate of drug-likeness (QED) is 0.124. The van der Waals surface area contributed by atoms with Gasteiger partial charge in [-0.2, -0.15) is 0 Å². The van der Waals surface area contributed by atoms with E-state index in [1.165, 1.54) is 19.9 Å². The molecule has 0 bridgehead atoms. The van der Waals surface area contributed by atoms with Crippen LogP contribution >= 0.6 is 0 Å². The third-order valence-electron chi connectivity index (χ3n) is 11.7. The highest BCUT2D eigenvalue weighted by Gasteiger charge is 2.76. The molecule has 0 aromatic heterocycles. The summed E-state index contributed by atoms with van der Waals surface area (Å²) in [6.07, 6.45) is -10.5. The third kappa shape index (κ3) is 7.45. The van der Waals surface area contributed by atoms with Crippen molar-refractivity contribution in [1.82, 2.24) is 0 Å². The third-order valence-corrected chi connectivity index (χ3v) is 11.7. The van der Waals surface area contributed by atoms with Gasteiger partial charge >= 0.3 is 17.9 Å². The Morgan fingerprint density at radius 3 is 2.24 bits per heavy atom. The largest absolute Gasteiger partial charge is 0.459 e. The fourth-order valence-electron chi connectivity index (χ4n) is 8.54. The van der Waals surface area contributed by atoms with Crippen molar-refractivity contribution in [3.63, 3.8) is 0 Å². The average Bonchev–Trinajstić information content (AvgIpc) is 3.92. The minimum Gasteiger partial charge on any atom is -0.459 e. The Kier molecular flexibility index (Phi) is 11.2. The number of fused-ring (bicyclic) bond motifs is 3. The lowest BCUT2D eigenvalue weighted by atomic mass is 9.72. The van der Waals surface area contributed by atoms with Crippen LogP contribution in [-0.4, -0.2) is 137 Å². The normalized spacial score (nSPS) is 45.9. The van der Waals surface area contributed by atoms with E-state index in [1.807, 2.05) is 37.3 Å². The summed E-state index contributed by atoms with van der Waals surface area (Å²) in [4.78, 5) is 38.9. The molecular formula is C38H50O16. The minimum absolute atomic E-state index is 0.0940. The number of carbonyl (C=O) groups excluding carboxylic acids is 3. The van der Waals surface area contributed by atoms with Gasteiger partial charge < -0.3 is 63.1 Å². The van der Waals surface area contributed by atoms with E-state index in [1.54, 1.807) is 6.08 Å². The van der Waals surface area contributed by atoms with Crippen LogP contribution in [0.15, 0.2) is 36.4 Å². The fourth-order valence-corrected chi connectivity index (χ4v) is 8.54. The SMILES string of the molecule is CC(=O)OC1C(O)C(C)OC(OC(=O)[C@@H]2CC[C@@H]3[C@H](C2)O[C@]2(C[C@@H](OC(=O)/C=C/c4ccccc4)[C@@H](C)CO2)[C@@]32CO2)C1OC1OC(C)C(O)C(O)C1O. The predicted molar refractivity (Wildman–Crippen MR) is 181 cm³/mol. The first kappa shape index (κ1) is 39.2. The maximum absolute atomic E-state index is 13.9. The number of epoxide rings is 1. The van der Waals surface area contributed by atoms with Gasteiger partial charge in [0.05, 0.1) is 37.4 Å². The summed E-state index contributed by atoms with van der Waals surface area (Å²) >= 11 is 0. The lowest BCUT2D eigenvalue weighted by molar-refractivity contribution is -0.357. The van der Waals surface area contributed by atoms with E-state index in [9.17, 15) is 34.8 Å². The van der Waals surface area contributed by atoms with Crippen molar-refractivity contribution < 1.29 is 77.4 Å². The van der Waals surface area contributed by atoms with Crippen LogP contribution in [-0.2, 0) is 57.0 Å². The summed E-state index contributed by atoms with van der Waals surface area (Å²) in [6.45, 7) is 6.73. The Morgan fingerprint density at radius 2 is 1.54 bits per heavy atom. The van der Waals surface area contributed by atoms with Crippen LogP contribution in [0.4, 0.5) is 0 Å². The number of ether oxygens (including phenoxy) is 9. The second kappa shape index (κ2) is 15.5. The summed E-state index contributed by atoms with van der Waals surface area (Å²) in [7, 11) is 0. The van der Waals surface area contributed by atoms with Gasteiger partial charge in [0.1, 0.15) is 30.5 Å². The maximum atomic E-state index is 13.9. The molecule has 17 atom stereocenters. The zero-order valence-electron chi connectivity index (χ0n) is 30.6. The van der Waals surface area contributed by atoms with Crippen LogP contribution in [0.2, 0.25) is 0 Å². The molecule has 2 spiro atoms. The molecule has 298 valence electrons. The lowest BCUT2D eigenvalue weighted by Crippen LogP contribution is -2.64. The molecule has 1 aromatic carbocycles. The molecule has 6 fully saturated rings. The van der Waals surface area contributed by atoms with E-state index >= 15 is 0 Å². The Balaban J connectivity index is 1.03. The number of esters is 3. The van der Waals surface area contributed by atoms with Gasteiger partial charge in [-0.15, -0.1) is 0 Å². The van der Waals surface area contributed by atoms with Crippen LogP contribution in [0.1, 0.15) is 58.9 Å². The molecule has 16 nitrogen and oxygen atoms in total. The van der Waals surface area contributed by atoms with E-state index < -0.39 is 109 Å². The highest BCUT2D eigenvalue weighted by atomic mass is 16.8. The highest BCUT2D eigenvalue weighted by molar-refractivity contribution is 5.87. The van der Waals surface area contributed by atoms with E-state index in [4.69, 9.17) is 42.6 Å². The van der Waals surface area contributed by atoms with Crippen molar-refractivity contribution in [2.75, 3.05) is 13.2 Å². The molecule has 5 aliphatic heterocycles. The predicted octanol–water partition coefficient (Wildman–Crippen LogP) is 0.742. The van der Waals surface area contributed by atoms with Crippen LogP contribution < -0.4 is 0 Å². The van der Waals surface area contributed by atoms with Crippen LogP contribution in [0, 0.1) is 17.8 Å². The molecule has 6 aliphatic rings. The van der Waals surface area contributed by atoms with Gasteiger partial charge in [-0.05, 0) is 44.7 Å². The van der Waals surface area contributed by atoms with E-state index in [2.05, 4.69) is 0 Å². The molecule has 16 heteroatoms. The van der Waals surface area contributed by atoms with Gasteiger partial charge in [0.2, 0.25) is 12.1 Å². The summed E-state index contributed by atoms with van der Waals surface area (Å²) in [5.41, 5.74) is 0.121. The van der Waals surface area contributed by atoms with Gasteiger partial charge in [-0.3, -0.25) is 9.59 Å². The van der Waals surface area contributed by atoms with Crippen molar-refractivity contribution in [1.29, 1.82) is 0 Å². The molecule has 1 saturated carbocycles. The van der Waals surface area contributed by atoms with Crippen LogP contribution in [0.3, 0.4) is 0 Å². The van der Waals surface area contributed by atoms with Crippen molar-refractivity contribution >= 4 is 24.0 Å². The molecule has 1 aromatic rings. The second-order valence-electron chi connectivity index (χ2n) is 15.4. The lowest BCUT2D eigenvalue weighted by Gasteiger charge is -2.46. The van der Waals surface area contributed by atoms with E-state index in [0.29, 0.717) is 19.4 Å². The summed E-state index contributed by atoms with van der Waals surface area (Å²) in [5.74, 6) is -3.93. The molecule has 4 N–H and O–H groups in total. The van der Waals surface area contributed by atoms with Gasteiger partial charge in [-0.25, -0.2) is 4.79 Å². The standard InChI is InChI=1S/C38H50O16/c1-18-16-46-38(15-26(18)51-27(40)13-10-22-8-6-5-7-9-22)37(17-47-37)24-12-11-23(14-25(24)54-38)34(45)53-36-33(32(50-21(4)39)29(42)20(3)49-36)52-35-31(44)30(43)28(41)19(2)48-35/h5-10,13,18-20,23-26,28-33,35-36,41-44H,11-12,14-17H2,1-4H3/b13-10+/t18-,19?,20?,23+,24+,25-,26+,28?,29?,30?,31?,32?,33?,35?,36?,37+,38+/m0/s1. The van der Waals surface area contributed by atoms with Crippen molar-refractivity contribution in [2.45, 2.75) is 138 Å². The first-order valence-corrected chi connectivity index (χ1v) is 18.7. The van der Waals surface area contributed by atoms with Gasteiger partial charge in [0.25, 0.3) is 0 Å². The summed E-state index contributed by atoms with van der Waals surface area (Å²) < 4.78 is 53.9. The average molecular weight is 763 g/mol. The van der Waals surface area contributed by atoms with Crippen molar-refractivity contribution in [3.05, 3.63) is 42.0 Å². The van der Waals surface area contributed by atoms with Gasteiger partial charge in [0, 0.05) is 31.3 Å². The first-order chi connectivity index (χ1) is 25.7. The number of benzene rings is 1. The molecule has 0 radical (unpaired) electrons. The monoisotopic (exact) mass is 762 g/mol. The zero-order valence-corrected chi connectivity index (χ0v) is 30.6. The topological polar surface area (TPSA) is 218 Å². The summed E-state index contributed by atoms with van der Waals surface area (Å²) in [6, 6.07) is 9.43. The zero-order chi connectivity index (χ0) is 38.5. The molecule has 1 aliphatic carbocycles. The molecule has 0 amide bonds. The number of rotatable bonds is 8. The van der Waals surface area contributed by atoms with Crippen molar-refractivity contribution in [2.24, 2.45) is 17.8 Å². The number of hydrogen-bond donors (Lipinski definition) is 4. The number of carbonyl (C=O) groups is 3. The Hall–Kier alpha value is -3.03. The van der Waals surface area contributed by atoms with E-state index in [-0.39, 0.29) is 31.3 Å². The first-order valence-electron chi connectivity index (χ1n) is 18.7. The maximum Gasteiger partial charge on any atom is 0.331 e. The minimum atomic E-state index is -1.74. The molecule has 5 heterocycles. The van der Waals surface area contributed by atoms with Crippen molar-refractivity contribution in [3.8, 4) is 0 Å². The summed E-state index contributed by atoms with van der Waals surface area (Å²) in [5, 5.41) is 42.1. The Bertz CT molecular complexity index is 1550. The Morgan fingerprint density at radius 1 is 0.833 bits per heavy atom. The van der Waals surface area contributed by atoms with E-state index in [0.717, 1.165) is 12.5 Å². The molecule has 10 unspecified atom stereocenters. The Labute approximate surface area is 312 Å². The second-order valence-corrected chi connectivity index (χ2v) is 15.4. The molecule has 5 saturated heterocycles. The van der Waals surface area contributed by atoms with Crippen LogP contribution in [0.25, 0.3) is 6.08 Å². The molecular weight excluding hydrogens is 712 g/mol. The highest BCUT2D eigenvalue weighted by Crippen LogP contribution is 2.62.